The molecule has 3 heteroatoms. The van der Waals surface area contributed by atoms with Gasteiger partial charge in [0.25, 0.3) is 5.91 Å². The lowest BCUT2D eigenvalue weighted by molar-refractivity contribution is 0.0910. The molecule has 100 valence electrons. The van der Waals surface area contributed by atoms with Crippen molar-refractivity contribution in [3.8, 4) is 0 Å². The first-order chi connectivity index (χ1) is 9.20. The van der Waals surface area contributed by atoms with Crippen molar-refractivity contribution >= 4 is 16.7 Å². The number of hydrogen-bond acceptors (Lipinski definition) is 2. The molecular formula is C16H19NO2. The number of aliphatic hydroxyl groups excluding tert-OH is 1. The summed E-state index contributed by atoms with van der Waals surface area (Å²) in [7, 11) is 0. The average molecular weight is 257 g/mol. The van der Waals surface area contributed by atoms with E-state index in [2.05, 4.69) is 5.32 Å². The quantitative estimate of drug-likeness (QED) is 0.865. The second-order valence-corrected chi connectivity index (χ2v) is 4.71. The number of hydrogen-bond donors (Lipinski definition) is 2. The van der Waals surface area contributed by atoms with E-state index in [1.807, 2.05) is 49.4 Å². The molecular weight excluding hydrogens is 238 g/mol. The van der Waals surface area contributed by atoms with Gasteiger partial charge in [-0.15, -0.1) is 0 Å². The maximum Gasteiger partial charge on any atom is 0.251 e. The molecule has 0 radical (unpaired) electrons. The van der Waals surface area contributed by atoms with Gasteiger partial charge in [0.05, 0.1) is 6.10 Å². The van der Waals surface area contributed by atoms with E-state index in [0.717, 1.165) is 17.2 Å². The van der Waals surface area contributed by atoms with E-state index in [4.69, 9.17) is 0 Å². The Morgan fingerprint density at radius 1 is 1.21 bits per heavy atom. The Kier molecular flexibility index (Phi) is 4.53. The zero-order valence-electron chi connectivity index (χ0n) is 11.1. The second-order valence-electron chi connectivity index (χ2n) is 4.71. The fourth-order valence-corrected chi connectivity index (χ4v) is 2.08. The predicted octanol–water partition coefficient (Wildman–Crippen LogP) is 2.73. The lowest BCUT2D eigenvalue weighted by Crippen LogP contribution is -2.31. The van der Waals surface area contributed by atoms with E-state index >= 15 is 0 Å². The number of carbonyl (C=O) groups is 1. The summed E-state index contributed by atoms with van der Waals surface area (Å²) in [6, 6.07) is 13.5. The average Bonchev–Trinajstić information content (AvgIpc) is 2.44. The second kappa shape index (κ2) is 6.34. The van der Waals surface area contributed by atoms with Crippen LogP contribution in [0.25, 0.3) is 10.8 Å². The Labute approximate surface area is 113 Å². The van der Waals surface area contributed by atoms with E-state index in [1.54, 1.807) is 0 Å². The number of benzene rings is 2. The smallest absolute Gasteiger partial charge is 0.251 e. The molecule has 0 aliphatic rings. The van der Waals surface area contributed by atoms with E-state index in [0.29, 0.717) is 18.5 Å². The molecule has 1 unspecified atom stereocenters. The minimum absolute atomic E-state index is 0.138. The van der Waals surface area contributed by atoms with Crippen LogP contribution in [0, 0.1) is 0 Å². The van der Waals surface area contributed by atoms with Gasteiger partial charge < -0.3 is 10.4 Å². The molecule has 19 heavy (non-hydrogen) atoms. The molecule has 0 saturated heterocycles. The molecule has 3 nitrogen and oxygen atoms in total. The Hall–Kier alpha value is -1.87. The Morgan fingerprint density at radius 2 is 1.95 bits per heavy atom. The molecule has 1 atom stereocenters. The molecule has 0 aliphatic carbocycles. The van der Waals surface area contributed by atoms with Crippen LogP contribution in [0.1, 0.15) is 30.1 Å². The normalized spacial score (nSPS) is 12.3. The molecule has 2 aromatic carbocycles. The number of amides is 1. The van der Waals surface area contributed by atoms with Gasteiger partial charge in [-0.1, -0.05) is 43.7 Å². The van der Waals surface area contributed by atoms with Crippen LogP contribution in [0.3, 0.4) is 0 Å². The number of carbonyl (C=O) groups excluding carboxylic acids is 1. The lowest BCUT2D eigenvalue weighted by atomic mass is 10.1. The molecule has 0 aliphatic heterocycles. The van der Waals surface area contributed by atoms with Crippen LogP contribution in [0.15, 0.2) is 42.5 Å². The van der Waals surface area contributed by atoms with Gasteiger partial charge >= 0.3 is 0 Å². The van der Waals surface area contributed by atoms with Crippen LogP contribution in [0.5, 0.6) is 0 Å². The number of rotatable bonds is 5. The van der Waals surface area contributed by atoms with Crippen molar-refractivity contribution in [2.45, 2.75) is 25.9 Å². The first-order valence-electron chi connectivity index (χ1n) is 6.65. The molecule has 0 bridgehead atoms. The molecule has 0 heterocycles. The SMILES string of the molecule is CCCC(O)CNC(=O)c1ccc2ccccc2c1. The van der Waals surface area contributed by atoms with E-state index < -0.39 is 6.10 Å². The van der Waals surface area contributed by atoms with Gasteiger partial charge in [-0.25, -0.2) is 0 Å². The van der Waals surface area contributed by atoms with E-state index in [-0.39, 0.29) is 5.91 Å². The molecule has 0 spiro atoms. The minimum Gasteiger partial charge on any atom is -0.391 e. The third-order valence-corrected chi connectivity index (χ3v) is 3.13. The fourth-order valence-electron chi connectivity index (χ4n) is 2.08. The number of aliphatic hydroxyl groups is 1. The highest BCUT2D eigenvalue weighted by Gasteiger charge is 2.08. The van der Waals surface area contributed by atoms with E-state index in [9.17, 15) is 9.90 Å². The summed E-state index contributed by atoms with van der Waals surface area (Å²) in [5.74, 6) is -0.138. The highest BCUT2D eigenvalue weighted by molar-refractivity contribution is 5.98. The van der Waals surface area contributed by atoms with Gasteiger partial charge in [0.15, 0.2) is 0 Å². The van der Waals surface area contributed by atoms with Crippen molar-refractivity contribution in [1.82, 2.24) is 5.32 Å². The van der Waals surface area contributed by atoms with Gasteiger partial charge in [-0.2, -0.15) is 0 Å². The first-order valence-corrected chi connectivity index (χ1v) is 6.65. The molecule has 2 aromatic rings. The van der Waals surface area contributed by atoms with Crippen LogP contribution in [-0.2, 0) is 0 Å². The fraction of sp³-hybridized carbons (Fsp3) is 0.312. The van der Waals surface area contributed by atoms with Crippen molar-refractivity contribution < 1.29 is 9.90 Å². The summed E-state index contributed by atoms with van der Waals surface area (Å²) < 4.78 is 0. The molecule has 0 saturated carbocycles. The third kappa shape index (κ3) is 3.55. The topological polar surface area (TPSA) is 49.3 Å². The zero-order valence-corrected chi connectivity index (χ0v) is 11.1. The molecule has 0 fully saturated rings. The summed E-state index contributed by atoms with van der Waals surface area (Å²) >= 11 is 0. The van der Waals surface area contributed by atoms with Gasteiger partial charge in [0.2, 0.25) is 0 Å². The summed E-state index contributed by atoms with van der Waals surface area (Å²) in [6.07, 6.45) is 1.15. The van der Waals surface area contributed by atoms with Crippen molar-refractivity contribution in [3.05, 3.63) is 48.0 Å². The molecule has 0 aromatic heterocycles. The standard InChI is InChI=1S/C16H19NO2/c1-2-5-15(18)11-17-16(19)14-9-8-12-6-3-4-7-13(12)10-14/h3-4,6-10,15,18H,2,5,11H2,1H3,(H,17,19). The van der Waals surface area contributed by atoms with Crippen LogP contribution < -0.4 is 5.32 Å². The van der Waals surface area contributed by atoms with Crippen LogP contribution in [0.2, 0.25) is 0 Å². The molecule has 1 amide bonds. The summed E-state index contributed by atoms with van der Waals surface area (Å²) in [4.78, 5) is 12.0. The highest BCUT2D eigenvalue weighted by atomic mass is 16.3. The molecule has 2 rings (SSSR count). The van der Waals surface area contributed by atoms with Gasteiger partial charge in [0.1, 0.15) is 0 Å². The Morgan fingerprint density at radius 3 is 2.68 bits per heavy atom. The summed E-state index contributed by atoms with van der Waals surface area (Å²) in [5.41, 5.74) is 0.627. The van der Waals surface area contributed by atoms with Crippen LogP contribution >= 0.6 is 0 Å². The maximum absolute atomic E-state index is 12.0. The summed E-state index contributed by atoms with van der Waals surface area (Å²) in [5, 5.41) is 14.5. The van der Waals surface area contributed by atoms with Crippen molar-refractivity contribution in [2.75, 3.05) is 6.54 Å². The molecule has 2 N–H and O–H groups in total. The predicted molar refractivity (Wildman–Crippen MR) is 77.2 cm³/mol. The largest absolute Gasteiger partial charge is 0.391 e. The summed E-state index contributed by atoms with van der Waals surface area (Å²) in [6.45, 7) is 2.31. The Balaban J connectivity index is 2.05. The monoisotopic (exact) mass is 257 g/mol. The van der Waals surface area contributed by atoms with Crippen LogP contribution in [0.4, 0.5) is 0 Å². The van der Waals surface area contributed by atoms with Gasteiger partial charge in [-0.05, 0) is 29.3 Å². The van der Waals surface area contributed by atoms with E-state index in [1.165, 1.54) is 0 Å². The maximum atomic E-state index is 12.0. The Bertz CT molecular complexity index is 565. The number of nitrogens with one attached hydrogen (secondary N) is 1. The van der Waals surface area contributed by atoms with Gasteiger partial charge in [0, 0.05) is 12.1 Å². The minimum atomic E-state index is -0.464. The first kappa shape index (κ1) is 13.6. The van der Waals surface area contributed by atoms with Crippen molar-refractivity contribution in [1.29, 1.82) is 0 Å². The third-order valence-electron chi connectivity index (χ3n) is 3.13. The van der Waals surface area contributed by atoms with Gasteiger partial charge in [-0.3, -0.25) is 4.79 Å². The van der Waals surface area contributed by atoms with Crippen molar-refractivity contribution in [3.63, 3.8) is 0 Å². The zero-order chi connectivity index (χ0) is 13.7. The highest BCUT2D eigenvalue weighted by Crippen LogP contribution is 2.15. The number of fused-ring (bicyclic) bond motifs is 1. The van der Waals surface area contributed by atoms with Crippen LogP contribution in [-0.4, -0.2) is 23.7 Å². The lowest BCUT2D eigenvalue weighted by Gasteiger charge is -2.11. The van der Waals surface area contributed by atoms with Crippen molar-refractivity contribution in [2.24, 2.45) is 0 Å².